The second-order valence-electron chi connectivity index (χ2n) is 3.18. The molecule has 0 heterocycles. The van der Waals surface area contributed by atoms with E-state index in [-0.39, 0.29) is 0 Å². The fourth-order valence-corrected chi connectivity index (χ4v) is 4.75. The summed E-state index contributed by atoms with van der Waals surface area (Å²) in [6.07, 6.45) is 0. The van der Waals surface area contributed by atoms with Gasteiger partial charge in [0.25, 0.3) is 0 Å². The predicted molar refractivity (Wildman–Crippen MR) is 74.0 cm³/mol. The van der Waals surface area contributed by atoms with Crippen molar-refractivity contribution in [1.82, 2.24) is 0 Å². The van der Waals surface area contributed by atoms with Gasteiger partial charge in [-0.25, -0.2) is 0 Å². The van der Waals surface area contributed by atoms with Crippen LogP contribution in [-0.2, 0) is 3.10 Å². The van der Waals surface area contributed by atoms with Crippen LogP contribution in [-0.4, -0.2) is 19.5 Å². The zero-order chi connectivity index (χ0) is 11.5. The van der Waals surface area contributed by atoms with Crippen LogP contribution in [0.15, 0.2) is 57.5 Å². The van der Waals surface area contributed by atoms with E-state index >= 15 is 0 Å². The van der Waals surface area contributed by atoms with Gasteiger partial charge in [-0.2, -0.15) is 0 Å². The Bertz CT molecular complexity index is 458. The molecule has 0 aliphatic heterocycles. The van der Waals surface area contributed by atoms with E-state index in [0.717, 1.165) is 16.2 Å². The molecule has 82 valence electrons. The summed E-state index contributed by atoms with van der Waals surface area (Å²) in [7, 11) is 0. The van der Waals surface area contributed by atoms with Crippen molar-refractivity contribution in [2.45, 2.75) is 0 Å². The molecule has 0 amide bonds. The molecule has 0 radical (unpaired) electrons. The van der Waals surface area contributed by atoms with E-state index in [1.165, 1.54) is 0 Å². The van der Waals surface area contributed by atoms with E-state index in [1.54, 1.807) is 0 Å². The van der Waals surface area contributed by atoms with Gasteiger partial charge >= 0.3 is 119 Å². The molecule has 0 unspecified atom stereocenters. The third-order valence-electron chi connectivity index (χ3n) is 2.06. The van der Waals surface area contributed by atoms with Crippen LogP contribution in [0.4, 0.5) is 0 Å². The molecule has 0 aliphatic carbocycles. The number of rotatable bonds is 2. The summed E-state index contributed by atoms with van der Waals surface area (Å²) in [5.41, 5.74) is 0. The van der Waals surface area contributed by atoms with Crippen molar-refractivity contribution in [2.24, 2.45) is 0 Å². The van der Waals surface area contributed by atoms with E-state index < -0.39 is 19.5 Å². The third-order valence-corrected chi connectivity index (χ3v) is 7.11. The summed E-state index contributed by atoms with van der Waals surface area (Å²) >= 11 is 4.17. The molecule has 0 spiro atoms. The van der Waals surface area contributed by atoms with Gasteiger partial charge in [-0.15, -0.1) is 0 Å². The van der Waals surface area contributed by atoms with Gasteiger partial charge in [0.05, 0.1) is 0 Å². The van der Waals surface area contributed by atoms with E-state index in [9.17, 15) is 3.10 Å². The second-order valence-corrected chi connectivity index (χ2v) is 9.23. The molecule has 0 N–H and O–H groups in total. The zero-order valence-electron chi connectivity index (χ0n) is 8.19. The van der Waals surface area contributed by atoms with E-state index in [1.807, 2.05) is 48.5 Å². The summed E-state index contributed by atoms with van der Waals surface area (Å²) in [6, 6.07) is 15.4. The van der Waals surface area contributed by atoms with Gasteiger partial charge in [-0.1, -0.05) is 0 Å². The normalized spacial score (nSPS) is 10.7. The Kier molecular flexibility index (Phi) is 4.32. The topological polar surface area (TPSA) is 17.1 Å². The quantitative estimate of drug-likeness (QED) is 0.637. The summed E-state index contributed by atoms with van der Waals surface area (Å²) < 4.78 is 16.2. The van der Waals surface area contributed by atoms with Crippen molar-refractivity contribution in [3.05, 3.63) is 57.5 Å². The Morgan fingerprint density at radius 2 is 1.00 bits per heavy atom. The summed E-state index contributed by atoms with van der Waals surface area (Å²) in [6.45, 7) is 0. The Morgan fingerprint density at radius 3 is 1.31 bits per heavy atom. The van der Waals surface area contributed by atoms with Gasteiger partial charge < -0.3 is 0 Å². The van der Waals surface area contributed by atoms with Crippen LogP contribution in [0, 0.1) is 0 Å². The molecule has 2 aromatic carbocycles. The number of benzene rings is 2. The molecule has 0 aromatic heterocycles. The standard InChI is InChI=1S/C12H8Br2OTe/c13-9-1-5-11(6-2-9)16(15)12-7-3-10(14)4-8-12/h1-8H. The SMILES string of the molecule is O=[Te](c1ccc(Br)cc1)c1ccc(Br)cc1. The van der Waals surface area contributed by atoms with Crippen molar-refractivity contribution in [1.29, 1.82) is 0 Å². The zero-order valence-corrected chi connectivity index (χ0v) is 13.7. The number of hydrogen-bond acceptors (Lipinski definition) is 1. The molecule has 2 rings (SSSR count). The summed E-state index contributed by atoms with van der Waals surface area (Å²) in [4.78, 5) is 0. The predicted octanol–water partition coefficient (Wildman–Crippen LogP) is 2.75. The molecule has 0 atom stereocenters. The van der Waals surface area contributed by atoms with Gasteiger partial charge in [-0.05, 0) is 0 Å². The number of hydrogen-bond donors (Lipinski definition) is 0. The van der Waals surface area contributed by atoms with Crippen molar-refractivity contribution in [3.8, 4) is 0 Å². The summed E-state index contributed by atoms with van der Waals surface area (Å²) in [5, 5.41) is 0. The van der Waals surface area contributed by atoms with E-state index in [2.05, 4.69) is 31.9 Å². The molecule has 2 aromatic rings. The van der Waals surface area contributed by atoms with Gasteiger partial charge in [0, 0.05) is 0 Å². The summed E-state index contributed by atoms with van der Waals surface area (Å²) in [5.74, 6) is 0. The fraction of sp³-hybridized carbons (Fsp3) is 0. The van der Waals surface area contributed by atoms with E-state index in [4.69, 9.17) is 0 Å². The monoisotopic (exact) mass is 456 g/mol. The Labute approximate surface area is 118 Å². The molecular weight excluding hydrogens is 448 g/mol. The average Bonchev–Trinajstić information content (AvgIpc) is 2.30. The average molecular weight is 456 g/mol. The molecule has 0 saturated carbocycles. The van der Waals surface area contributed by atoms with Crippen molar-refractivity contribution in [2.75, 3.05) is 0 Å². The van der Waals surface area contributed by atoms with Gasteiger partial charge in [0.2, 0.25) is 0 Å². The molecule has 4 heteroatoms. The van der Waals surface area contributed by atoms with E-state index in [0.29, 0.717) is 0 Å². The van der Waals surface area contributed by atoms with Crippen molar-refractivity contribution in [3.63, 3.8) is 0 Å². The van der Waals surface area contributed by atoms with Crippen LogP contribution in [0.5, 0.6) is 0 Å². The molecule has 0 saturated heterocycles. The first-order valence-corrected chi connectivity index (χ1v) is 9.46. The Morgan fingerprint density at radius 1 is 0.688 bits per heavy atom. The first-order valence-electron chi connectivity index (χ1n) is 4.60. The Balaban J connectivity index is 2.32. The minimum absolute atomic E-state index is 0.953. The number of halogens is 2. The maximum atomic E-state index is 12.3. The Hall–Kier alpha value is -0.0104. The third kappa shape index (κ3) is 3.01. The second kappa shape index (κ2) is 5.55. The van der Waals surface area contributed by atoms with Gasteiger partial charge in [-0.3, -0.25) is 0 Å². The molecular formula is C12H8Br2OTe. The molecule has 0 bridgehead atoms. The molecule has 0 fully saturated rings. The van der Waals surface area contributed by atoms with Crippen LogP contribution in [0.1, 0.15) is 0 Å². The fourth-order valence-electron chi connectivity index (χ4n) is 1.25. The van der Waals surface area contributed by atoms with Crippen molar-refractivity contribution >= 4 is 58.6 Å². The first kappa shape index (κ1) is 12.4. The molecule has 16 heavy (non-hydrogen) atoms. The van der Waals surface area contributed by atoms with Gasteiger partial charge in [0.1, 0.15) is 0 Å². The first-order chi connectivity index (χ1) is 7.66. The van der Waals surface area contributed by atoms with Gasteiger partial charge in [0.15, 0.2) is 0 Å². The molecule has 1 nitrogen and oxygen atoms in total. The van der Waals surface area contributed by atoms with Crippen LogP contribution >= 0.6 is 31.9 Å². The van der Waals surface area contributed by atoms with Crippen molar-refractivity contribution < 1.29 is 3.10 Å². The maximum absolute atomic E-state index is 12.3. The van der Waals surface area contributed by atoms with Crippen LogP contribution < -0.4 is 7.22 Å². The van der Waals surface area contributed by atoms with Crippen LogP contribution in [0.2, 0.25) is 0 Å². The van der Waals surface area contributed by atoms with Crippen LogP contribution in [0.25, 0.3) is 0 Å². The molecule has 0 aliphatic rings. The minimum atomic E-state index is -2.57. The van der Waals surface area contributed by atoms with Crippen LogP contribution in [0.3, 0.4) is 0 Å².